The van der Waals surface area contributed by atoms with Gasteiger partial charge in [0, 0.05) is 18.1 Å². The Kier molecular flexibility index (Phi) is 8.19. The highest BCUT2D eigenvalue weighted by Gasteiger charge is 2.34. The van der Waals surface area contributed by atoms with Crippen LogP contribution < -0.4 is 24.4 Å². The van der Waals surface area contributed by atoms with Crippen LogP contribution in [0.3, 0.4) is 0 Å². The zero-order valence-corrected chi connectivity index (χ0v) is 23.2. The van der Waals surface area contributed by atoms with Crippen LogP contribution >= 0.6 is 22.9 Å². The van der Waals surface area contributed by atoms with Crippen LogP contribution in [-0.2, 0) is 4.79 Å². The van der Waals surface area contributed by atoms with E-state index in [1.54, 1.807) is 28.7 Å². The normalized spacial score (nSPS) is 15.3. The van der Waals surface area contributed by atoms with Crippen LogP contribution in [0.15, 0.2) is 63.5 Å². The summed E-state index contributed by atoms with van der Waals surface area (Å²) >= 11 is 7.46. The fourth-order valence-corrected chi connectivity index (χ4v) is 5.61. The number of likely N-dealkylation sites (N-methyl/N-ethyl adjacent to an activating group) is 1. The van der Waals surface area contributed by atoms with Crippen molar-refractivity contribution in [1.82, 2.24) is 9.47 Å². The van der Waals surface area contributed by atoms with E-state index >= 15 is 0 Å². The van der Waals surface area contributed by atoms with E-state index in [1.807, 2.05) is 64.1 Å². The number of ether oxygens (including phenoxy) is 2. The summed E-state index contributed by atoms with van der Waals surface area (Å²) in [4.78, 5) is 34.5. The second-order valence-corrected chi connectivity index (χ2v) is 9.90. The molecule has 9 heteroatoms. The monoisotopic (exact) mass is 539 g/mol. The first-order valence-electron chi connectivity index (χ1n) is 12.2. The number of fused-ring (bicyclic) bond motifs is 1. The summed E-state index contributed by atoms with van der Waals surface area (Å²) in [5.74, 6) is 1.10. The zero-order valence-electron chi connectivity index (χ0n) is 21.6. The number of benzene rings is 2. The standard InChI is InChI=1S/C28H30ClN3O4S/c1-6-31(7-2)27(34)24-17(4)30-28-32(25(24)19-10-12-20(29)13-11-19)26(33)23(37-28)16-18-9-14-21(35-5)22(15-18)36-8-3/h9-16,25H,6-8H2,1-5H3/b23-16+. The van der Waals surface area contributed by atoms with E-state index in [9.17, 15) is 9.59 Å². The molecule has 1 atom stereocenters. The summed E-state index contributed by atoms with van der Waals surface area (Å²) in [7, 11) is 1.59. The second-order valence-electron chi connectivity index (χ2n) is 8.45. The van der Waals surface area contributed by atoms with Crippen LogP contribution in [0, 0.1) is 0 Å². The third kappa shape index (κ3) is 5.22. The number of amides is 1. The van der Waals surface area contributed by atoms with Crippen LogP contribution in [0.5, 0.6) is 11.5 Å². The molecule has 7 nitrogen and oxygen atoms in total. The third-order valence-corrected chi connectivity index (χ3v) is 7.51. The van der Waals surface area contributed by atoms with Crippen LogP contribution in [0.2, 0.25) is 5.02 Å². The zero-order chi connectivity index (χ0) is 26.7. The molecular weight excluding hydrogens is 510 g/mol. The Morgan fingerprint density at radius 1 is 1.14 bits per heavy atom. The van der Waals surface area contributed by atoms with Crippen LogP contribution in [0.25, 0.3) is 6.08 Å². The molecule has 0 aliphatic carbocycles. The lowest BCUT2D eigenvalue weighted by Gasteiger charge is -2.29. The van der Waals surface area contributed by atoms with E-state index in [2.05, 4.69) is 0 Å². The van der Waals surface area contributed by atoms with Gasteiger partial charge in [-0.2, -0.15) is 0 Å². The van der Waals surface area contributed by atoms with Gasteiger partial charge in [-0.1, -0.05) is 41.1 Å². The predicted octanol–water partition coefficient (Wildman–Crippen LogP) is 4.16. The number of halogens is 1. The van der Waals surface area contributed by atoms with E-state index in [4.69, 9.17) is 26.1 Å². The van der Waals surface area contributed by atoms with Crippen molar-refractivity contribution in [2.24, 2.45) is 4.99 Å². The minimum atomic E-state index is -0.612. The Hall–Kier alpha value is -3.36. The SMILES string of the molecule is CCOc1cc(/C=c2/sc3n(c2=O)C(c2ccc(Cl)cc2)C(C(=O)N(CC)CC)=C(C)N=3)ccc1OC. The number of aromatic nitrogens is 1. The first-order valence-corrected chi connectivity index (χ1v) is 13.4. The molecule has 2 heterocycles. The van der Waals surface area contributed by atoms with Crippen molar-refractivity contribution in [2.45, 2.75) is 33.7 Å². The smallest absolute Gasteiger partial charge is 0.271 e. The summed E-state index contributed by atoms with van der Waals surface area (Å²) in [6.07, 6.45) is 1.82. The topological polar surface area (TPSA) is 73.1 Å². The summed E-state index contributed by atoms with van der Waals surface area (Å²) in [5, 5.41) is 0.582. The molecule has 0 radical (unpaired) electrons. The molecule has 37 heavy (non-hydrogen) atoms. The van der Waals surface area contributed by atoms with Gasteiger partial charge < -0.3 is 14.4 Å². The average Bonchev–Trinajstić information content (AvgIpc) is 3.19. The molecule has 0 bridgehead atoms. The number of methoxy groups -OCH3 is 1. The molecule has 3 aromatic rings. The Labute approximate surface area is 224 Å². The van der Waals surface area contributed by atoms with E-state index in [0.717, 1.165) is 11.1 Å². The molecule has 1 aliphatic heterocycles. The number of allylic oxidation sites excluding steroid dienone is 1. The quantitative estimate of drug-likeness (QED) is 0.431. The fourth-order valence-electron chi connectivity index (χ4n) is 4.44. The first-order chi connectivity index (χ1) is 17.8. The van der Waals surface area contributed by atoms with Gasteiger partial charge in [0.15, 0.2) is 16.3 Å². The van der Waals surface area contributed by atoms with Gasteiger partial charge in [-0.05, 0) is 69.2 Å². The van der Waals surface area contributed by atoms with Crippen molar-refractivity contribution >= 4 is 34.9 Å². The van der Waals surface area contributed by atoms with Crippen molar-refractivity contribution in [3.63, 3.8) is 0 Å². The lowest BCUT2D eigenvalue weighted by Crippen LogP contribution is -2.43. The fraction of sp³-hybridized carbons (Fsp3) is 0.321. The third-order valence-electron chi connectivity index (χ3n) is 6.27. The summed E-state index contributed by atoms with van der Waals surface area (Å²) in [6.45, 7) is 9.22. The van der Waals surface area contributed by atoms with Crippen LogP contribution in [0.1, 0.15) is 44.9 Å². The Morgan fingerprint density at radius 2 is 1.84 bits per heavy atom. The number of hydrogen-bond acceptors (Lipinski definition) is 6. The molecule has 0 saturated heterocycles. The summed E-state index contributed by atoms with van der Waals surface area (Å²) < 4.78 is 13.2. The Balaban J connectivity index is 1.92. The molecule has 1 amide bonds. The first kappa shape index (κ1) is 26.7. The molecule has 2 aromatic carbocycles. The molecule has 1 aliphatic rings. The summed E-state index contributed by atoms with van der Waals surface area (Å²) in [5.41, 5.74) is 2.48. The highest BCUT2D eigenvalue weighted by Crippen LogP contribution is 2.32. The van der Waals surface area contributed by atoms with E-state index in [1.165, 1.54) is 11.3 Å². The average molecular weight is 540 g/mol. The number of rotatable bonds is 8. The van der Waals surface area contributed by atoms with Gasteiger partial charge in [-0.25, -0.2) is 4.99 Å². The molecule has 1 aromatic heterocycles. The molecule has 1 unspecified atom stereocenters. The molecule has 4 rings (SSSR count). The minimum Gasteiger partial charge on any atom is -0.493 e. The van der Waals surface area contributed by atoms with E-state index in [-0.39, 0.29) is 11.5 Å². The molecule has 0 N–H and O–H groups in total. The molecule has 0 fully saturated rings. The van der Waals surface area contributed by atoms with Gasteiger partial charge in [0.25, 0.3) is 11.5 Å². The predicted molar refractivity (Wildman–Crippen MR) is 147 cm³/mol. The van der Waals surface area contributed by atoms with Gasteiger partial charge in [0.2, 0.25) is 0 Å². The van der Waals surface area contributed by atoms with Crippen LogP contribution in [0.4, 0.5) is 0 Å². The summed E-state index contributed by atoms with van der Waals surface area (Å²) in [6, 6.07) is 12.2. The van der Waals surface area contributed by atoms with Crippen molar-refractivity contribution in [3.05, 3.63) is 89.6 Å². The largest absolute Gasteiger partial charge is 0.493 e. The number of carbonyl (C=O) groups is 1. The van der Waals surface area contributed by atoms with Crippen molar-refractivity contribution in [3.8, 4) is 11.5 Å². The number of carbonyl (C=O) groups excluding carboxylic acids is 1. The van der Waals surface area contributed by atoms with Crippen molar-refractivity contribution in [1.29, 1.82) is 0 Å². The number of nitrogens with zero attached hydrogens (tertiary/aromatic N) is 3. The van der Waals surface area contributed by atoms with Crippen molar-refractivity contribution in [2.75, 3.05) is 26.8 Å². The lowest BCUT2D eigenvalue weighted by molar-refractivity contribution is -0.127. The van der Waals surface area contributed by atoms with E-state index < -0.39 is 6.04 Å². The van der Waals surface area contributed by atoms with Gasteiger partial charge >= 0.3 is 0 Å². The van der Waals surface area contributed by atoms with E-state index in [0.29, 0.717) is 56.8 Å². The number of hydrogen-bond donors (Lipinski definition) is 0. The Morgan fingerprint density at radius 3 is 2.46 bits per heavy atom. The van der Waals surface area contributed by atoms with Gasteiger partial charge in [0.1, 0.15) is 0 Å². The molecular formula is C28H30ClN3O4S. The maximum Gasteiger partial charge on any atom is 0.271 e. The highest BCUT2D eigenvalue weighted by molar-refractivity contribution is 7.07. The van der Waals surface area contributed by atoms with Gasteiger partial charge in [0.05, 0.1) is 35.6 Å². The minimum absolute atomic E-state index is 0.128. The number of thiazole rings is 1. The Bertz CT molecular complexity index is 1520. The molecule has 0 spiro atoms. The van der Waals surface area contributed by atoms with Gasteiger partial charge in [-0.3, -0.25) is 14.2 Å². The second kappa shape index (κ2) is 11.4. The van der Waals surface area contributed by atoms with Gasteiger partial charge in [-0.15, -0.1) is 0 Å². The van der Waals surface area contributed by atoms with Crippen molar-refractivity contribution < 1.29 is 14.3 Å². The molecule has 0 saturated carbocycles. The molecule has 194 valence electrons. The highest BCUT2D eigenvalue weighted by atomic mass is 35.5. The maximum absolute atomic E-state index is 13.8. The maximum atomic E-state index is 13.8. The van der Waals surface area contributed by atoms with Crippen LogP contribution in [-0.4, -0.2) is 42.2 Å². The lowest BCUT2D eigenvalue weighted by atomic mass is 9.94.